The number of hydrogen-bond donors (Lipinski definition) is 2. The number of ether oxygens (including phenoxy) is 2. The van der Waals surface area contributed by atoms with Gasteiger partial charge in [0.25, 0.3) is 0 Å². The Hall–Kier alpha value is -1.26. The SMILES string of the molecule is CCOc1ccc(OC(C)CC(C)(CO)NC)cc1. The van der Waals surface area contributed by atoms with E-state index >= 15 is 0 Å². The highest BCUT2D eigenvalue weighted by Crippen LogP contribution is 2.21. The summed E-state index contributed by atoms with van der Waals surface area (Å²) in [5, 5.41) is 12.5. The van der Waals surface area contributed by atoms with E-state index in [4.69, 9.17) is 9.47 Å². The van der Waals surface area contributed by atoms with Crippen LogP contribution in [0, 0.1) is 0 Å². The smallest absolute Gasteiger partial charge is 0.119 e. The number of likely N-dealkylation sites (N-methyl/N-ethyl adjacent to an activating group) is 1. The zero-order chi connectivity index (χ0) is 14.3. The molecule has 0 spiro atoms. The molecule has 2 atom stereocenters. The van der Waals surface area contributed by atoms with Crippen molar-refractivity contribution in [1.82, 2.24) is 5.32 Å². The van der Waals surface area contributed by atoms with Gasteiger partial charge in [-0.1, -0.05) is 0 Å². The molecule has 0 bridgehead atoms. The van der Waals surface area contributed by atoms with Gasteiger partial charge in [-0.05, 0) is 52.1 Å². The van der Waals surface area contributed by atoms with Crippen LogP contribution in [0.3, 0.4) is 0 Å². The van der Waals surface area contributed by atoms with Crippen molar-refractivity contribution >= 4 is 0 Å². The molecule has 19 heavy (non-hydrogen) atoms. The van der Waals surface area contributed by atoms with Crippen LogP contribution in [0.4, 0.5) is 0 Å². The summed E-state index contributed by atoms with van der Waals surface area (Å²) in [5.41, 5.74) is -0.315. The fourth-order valence-corrected chi connectivity index (χ4v) is 1.94. The summed E-state index contributed by atoms with van der Waals surface area (Å²) in [6.07, 6.45) is 0.746. The van der Waals surface area contributed by atoms with Gasteiger partial charge in [0.1, 0.15) is 11.5 Å². The molecular formula is C15H25NO3. The van der Waals surface area contributed by atoms with Crippen molar-refractivity contribution in [3.63, 3.8) is 0 Å². The maximum absolute atomic E-state index is 9.36. The number of benzene rings is 1. The van der Waals surface area contributed by atoms with Gasteiger partial charge in [-0.15, -0.1) is 0 Å². The van der Waals surface area contributed by atoms with E-state index in [-0.39, 0.29) is 18.2 Å². The molecule has 0 heterocycles. The molecule has 1 aromatic rings. The van der Waals surface area contributed by atoms with E-state index in [1.54, 1.807) is 0 Å². The van der Waals surface area contributed by atoms with Crippen LogP contribution in [-0.4, -0.2) is 37.0 Å². The molecule has 0 aliphatic rings. The molecule has 0 aliphatic heterocycles. The van der Waals surface area contributed by atoms with Crippen molar-refractivity contribution < 1.29 is 14.6 Å². The van der Waals surface area contributed by atoms with Crippen molar-refractivity contribution in [2.45, 2.75) is 38.8 Å². The average molecular weight is 267 g/mol. The van der Waals surface area contributed by atoms with E-state index in [1.807, 2.05) is 52.1 Å². The lowest BCUT2D eigenvalue weighted by Gasteiger charge is -2.30. The van der Waals surface area contributed by atoms with Crippen molar-refractivity contribution in [2.24, 2.45) is 0 Å². The van der Waals surface area contributed by atoms with Crippen LogP contribution in [0.15, 0.2) is 24.3 Å². The minimum atomic E-state index is -0.315. The molecule has 0 aromatic heterocycles. The van der Waals surface area contributed by atoms with Gasteiger partial charge in [0, 0.05) is 12.0 Å². The molecule has 0 amide bonds. The molecule has 108 valence electrons. The van der Waals surface area contributed by atoms with E-state index in [0.717, 1.165) is 17.9 Å². The van der Waals surface area contributed by atoms with Crippen LogP contribution in [0.1, 0.15) is 27.2 Å². The summed E-state index contributed by atoms with van der Waals surface area (Å²) in [6, 6.07) is 7.60. The first kappa shape index (κ1) is 15.8. The monoisotopic (exact) mass is 267 g/mol. The van der Waals surface area contributed by atoms with Gasteiger partial charge in [0.05, 0.1) is 19.3 Å². The molecule has 4 heteroatoms. The summed E-state index contributed by atoms with van der Waals surface area (Å²) in [5.74, 6) is 1.66. The number of nitrogens with one attached hydrogen (secondary N) is 1. The lowest BCUT2D eigenvalue weighted by Crippen LogP contribution is -2.46. The summed E-state index contributed by atoms with van der Waals surface area (Å²) in [4.78, 5) is 0. The predicted octanol–water partition coefficient (Wildman–Crippen LogP) is 2.21. The molecule has 2 unspecified atom stereocenters. The molecule has 0 aliphatic carbocycles. The molecule has 0 fully saturated rings. The maximum atomic E-state index is 9.36. The van der Waals surface area contributed by atoms with Crippen molar-refractivity contribution in [1.29, 1.82) is 0 Å². The highest BCUT2D eigenvalue weighted by Gasteiger charge is 2.24. The summed E-state index contributed by atoms with van der Waals surface area (Å²) in [6.45, 7) is 6.68. The minimum absolute atomic E-state index is 0.0162. The van der Waals surface area contributed by atoms with Crippen LogP contribution in [0.2, 0.25) is 0 Å². The molecule has 0 radical (unpaired) electrons. The quantitative estimate of drug-likeness (QED) is 0.758. The van der Waals surface area contributed by atoms with Gasteiger partial charge in [0.15, 0.2) is 0 Å². The lowest BCUT2D eigenvalue weighted by molar-refractivity contribution is 0.115. The van der Waals surface area contributed by atoms with E-state index in [2.05, 4.69) is 5.32 Å². The van der Waals surface area contributed by atoms with Gasteiger partial charge < -0.3 is 19.9 Å². The number of rotatable bonds is 8. The first-order valence-electron chi connectivity index (χ1n) is 6.72. The van der Waals surface area contributed by atoms with Crippen molar-refractivity contribution in [3.05, 3.63) is 24.3 Å². The highest BCUT2D eigenvalue weighted by atomic mass is 16.5. The fourth-order valence-electron chi connectivity index (χ4n) is 1.94. The van der Waals surface area contributed by atoms with Gasteiger partial charge in [0.2, 0.25) is 0 Å². The second-order valence-electron chi connectivity index (χ2n) is 5.01. The molecular weight excluding hydrogens is 242 g/mol. The zero-order valence-electron chi connectivity index (χ0n) is 12.3. The molecule has 1 rings (SSSR count). The average Bonchev–Trinajstić information content (AvgIpc) is 2.41. The molecule has 0 saturated carbocycles. The Bertz CT molecular complexity index is 360. The van der Waals surface area contributed by atoms with Gasteiger partial charge in [-0.3, -0.25) is 0 Å². The van der Waals surface area contributed by atoms with E-state index in [9.17, 15) is 5.11 Å². The largest absolute Gasteiger partial charge is 0.494 e. The fraction of sp³-hybridized carbons (Fsp3) is 0.600. The summed E-state index contributed by atoms with van der Waals surface area (Å²) >= 11 is 0. The standard InChI is InChI=1S/C15H25NO3/c1-5-18-13-6-8-14(9-7-13)19-12(2)10-15(3,11-17)16-4/h6-9,12,16-17H,5,10-11H2,1-4H3. The van der Waals surface area contributed by atoms with E-state index in [1.165, 1.54) is 0 Å². The summed E-state index contributed by atoms with van der Waals surface area (Å²) in [7, 11) is 1.85. The van der Waals surface area contributed by atoms with Crippen molar-refractivity contribution in [2.75, 3.05) is 20.3 Å². The first-order valence-corrected chi connectivity index (χ1v) is 6.72. The second-order valence-corrected chi connectivity index (χ2v) is 5.01. The van der Waals surface area contributed by atoms with Crippen LogP contribution in [-0.2, 0) is 0 Å². The molecule has 4 nitrogen and oxygen atoms in total. The van der Waals surface area contributed by atoms with Gasteiger partial charge in [-0.25, -0.2) is 0 Å². The minimum Gasteiger partial charge on any atom is -0.494 e. The van der Waals surface area contributed by atoms with Gasteiger partial charge in [-0.2, -0.15) is 0 Å². The topological polar surface area (TPSA) is 50.7 Å². The van der Waals surface area contributed by atoms with Gasteiger partial charge >= 0.3 is 0 Å². The second kappa shape index (κ2) is 7.36. The van der Waals surface area contributed by atoms with Crippen LogP contribution in [0.25, 0.3) is 0 Å². The Labute approximate surface area is 115 Å². The third kappa shape index (κ3) is 5.09. The first-order chi connectivity index (χ1) is 9.03. The molecule has 0 saturated heterocycles. The number of aliphatic hydroxyl groups excluding tert-OH is 1. The predicted molar refractivity (Wildman–Crippen MR) is 76.9 cm³/mol. The number of hydrogen-bond acceptors (Lipinski definition) is 4. The number of aliphatic hydroxyl groups is 1. The Morgan fingerprint density at radius 3 is 2.32 bits per heavy atom. The van der Waals surface area contributed by atoms with E-state index < -0.39 is 0 Å². The maximum Gasteiger partial charge on any atom is 0.119 e. The Balaban J connectivity index is 2.54. The third-order valence-electron chi connectivity index (χ3n) is 3.16. The highest BCUT2D eigenvalue weighted by molar-refractivity contribution is 5.31. The Morgan fingerprint density at radius 2 is 1.84 bits per heavy atom. The van der Waals surface area contributed by atoms with Crippen LogP contribution in [0.5, 0.6) is 11.5 Å². The molecule has 2 N–H and O–H groups in total. The van der Waals surface area contributed by atoms with E-state index in [0.29, 0.717) is 6.61 Å². The zero-order valence-corrected chi connectivity index (χ0v) is 12.3. The van der Waals surface area contributed by atoms with Crippen molar-refractivity contribution in [3.8, 4) is 11.5 Å². The third-order valence-corrected chi connectivity index (χ3v) is 3.16. The normalized spacial score (nSPS) is 15.6. The molecule has 1 aromatic carbocycles. The van der Waals surface area contributed by atoms with Crippen LogP contribution >= 0.6 is 0 Å². The lowest BCUT2D eigenvalue weighted by atomic mass is 9.96. The van der Waals surface area contributed by atoms with Crippen LogP contribution < -0.4 is 14.8 Å². The Kier molecular flexibility index (Phi) is 6.12. The Morgan fingerprint density at radius 1 is 1.26 bits per heavy atom. The summed E-state index contributed by atoms with van der Waals surface area (Å²) < 4.78 is 11.2.